The number of rotatable bonds is 9. The predicted octanol–water partition coefficient (Wildman–Crippen LogP) is 7.10. The Morgan fingerprint density at radius 2 is 1.60 bits per heavy atom. The van der Waals surface area contributed by atoms with E-state index in [0.717, 1.165) is 21.7 Å². The van der Waals surface area contributed by atoms with Gasteiger partial charge in [0.15, 0.2) is 0 Å². The molecule has 40 heavy (non-hydrogen) atoms. The fourth-order valence-electron chi connectivity index (χ4n) is 3.77. The number of hydrogen-bond acceptors (Lipinski definition) is 4. The fourth-order valence-corrected chi connectivity index (χ4v) is 4.73. The second-order valence-electron chi connectivity index (χ2n) is 9.07. The maximum Gasteiger partial charge on any atom is 0.272 e. The lowest BCUT2D eigenvalue weighted by Gasteiger charge is -2.12. The van der Waals surface area contributed by atoms with Gasteiger partial charge < -0.3 is 16.0 Å². The van der Waals surface area contributed by atoms with Crippen LogP contribution in [-0.2, 0) is 9.59 Å². The average Bonchev–Trinajstić information content (AvgIpc) is 2.94. The van der Waals surface area contributed by atoms with Crippen molar-refractivity contribution in [2.45, 2.75) is 18.7 Å². The topological polar surface area (TPSA) is 87.3 Å². The molecule has 4 aromatic carbocycles. The molecule has 0 heterocycles. The van der Waals surface area contributed by atoms with Gasteiger partial charge in [0.1, 0.15) is 5.70 Å². The van der Waals surface area contributed by atoms with Crippen molar-refractivity contribution in [2.24, 2.45) is 0 Å². The number of benzene rings is 4. The van der Waals surface area contributed by atoms with Gasteiger partial charge in [-0.05, 0) is 85.1 Å². The van der Waals surface area contributed by atoms with Crippen LogP contribution in [0.3, 0.4) is 0 Å². The smallest absolute Gasteiger partial charge is 0.272 e. The van der Waals surface area contributed by atoms with Crippen LogP contribution in [0, 0.1) is 13.8 Å². The van der Waals surface area contributed by atoms with Crippen molar-refractivity contribution >= 4 is 58.5 Å². The summed E-state index contributed by atoms with van der Waals surface area (Å²) in [5.74, 6) is -0.830. The van der Waals surface area contributed by atoms with Crippen molar-refractivity contribution in [1.82, 2.24) is 5.32 Å². The highest BCUT2D eigenvalue weighted by atomic mass is 35.5. The highest BCUT2D eigenvalue weighted by Crippen LogP contribution is 2.23. The van der Waals surface area contributed by atoms with E-state index in [1.165, 1.54) is 11.8 Å². The Balaban J connectivity index is 1.45. The van der Waals surface area contributed by atoms with Crippen LogP contribution in [0.15, 0.2) is 108 Å². The number of aryl methyl sites for hydroxylation is 2. The van der Waals surface area contributed by atoms with Gasteiger partial charge in [0.25, 0.3) is 11.8 Å². The molecule has 6 nitrogen and oxygen atoms in total. The fraction of sp³-hybridized carbons (Fsp3) is 0.0938. The minimum Gasteiger partial charge on any atom is -0.325 e. The van der Waals surface area contributed by atoms with E-state index in [2.05, 4.69) is 16.0 Å². The average molecular weight is 570 g/mol. The summed E-state index contributed by atoms with van der Waals surface area (Å²) < 4.78 is 0. The van der Waals surface area contributed by atoms with Gasteiger partial charge in [-0.15, -0.1) is 11.8 Å². The van der Waals surface area contributed by atoms with Gasteiger partial charge in [-0.2, -0.15) is 0 Å². The summed E-state index contributed by atoms with van der Waals surface area (Å²) in [5.41, 5.74) is 4.52. The highest BCUT2D eigenvalue weighted by molar-refractivity contribution is 8.00. The Kier molecular flexibility index (Phi) is 9.78. The van der Waals surface area contributed by atoms with Crippen LogP contribution in [0.4, 0.5) is 11.4 Å². The molecule has 0 unspecified atom stereocenters. The monoisotopic (exact) mass is 569 g/mol. The molecule has 0 aliphatic rings. The lowest BCUT2D eigenvalue weighted by molar-refractivity contribution is -0.114. The maximum absolute atomic E-state index is 13.3. The molecule has 0 spiro atoms. The molecule has 0 aromatic heterocycles. The summed E-state index contributed by atoms with van der Waals surface area (Å²) in [7, 11) is 0. The van der Waals surface area contributed by atoms with E-state index in [-0.39, 0.29) is 17.4 Å². The molecule has 0 fully saturated rings. The second-order valence-corrected chi connectivity index (χ2v) is 10.6. The number of carbonyl (C=O) groups excluding carboxylic acids is 3. The number of nitrogens with one attached hydrogen (secondary N) is 3. The van der Waals surface area contributed by atoms with E-state index < -0.39 is 11.8 Å². The maximum atomic E-state index is 13.3. The van der Waals surface area contributed by atoms with Crippen LogP contribution >= 0.6 is 23.4 Å². The molecule has 4 aromatic rings. The van der Waals surface area contributed by atoms with Crippen molar-refractivity contribution in [2.75, 3.05) is 16.4 Å². The van der Waals surface area contributed by atoms with Crippen LogP contribution < -0.4 is 16.0 Å². The van der Waals surface area contributed by atoms with Gasteiger partial charge in [0, 0.05) is 26.9 Å². The number of carbonyl (C=O) groups is 3. The molecule has 8 heteroatoms. The third-order valence-electron chi connectivity index (χ3n) is 5.82. The lowest BCUT2D eigenvalue weighted by atomic mass is 10.1. The first-order chi connectivity index (χ1) is 19.3. The van der Waals surface area contributed by atoms with E-state index in [1.54, 1.807) is 72.8 Å². The Bertz CT molecular complexity index is 1570. The van der Waals surface area contributed by atoms with E-state index in [9.17, 15) is 14.4 Å². The second kappa shape index (κ2) is 13.6. The summed E-state index contributed by atoms with van der Waals surface area (Å²) in [5, 5.41) is 9.03. The molecule has 202 valence electrons. The molecule has 3 N–H and O–H groups in total. The SMILES string of the molecule is Cc1ccc(C)c(NC(=O)CSc2cccc(NC(=O)/C(=C/c3cccc(Cl)c3)NC(=O)c3ccccc3)c2)c1. The first-order valence-corrected chi connectivity index (χ1v) is 13.9. The van der Waals surface area contributed by atoms with Gasteiger partial charge in [-0.25, -0.2) is 0 Å². The first kappa shape index (κ1) is 28.7. The number of thioether (sulfide) groups is 1. The zero-order chi connectivity index (χ0) is 28.5. The number of hydrogen-bond donors (Lipinski definition) is 3. The zero-order valence-corrected chi connectivity index (χ0v) is 23.6. The van der Waals surface area contributed by atoms with Crippen molar-refractivity contribution in [1.29, 1.82) is 0 Å². The first-order valence-electron chi connectivity index (χ1n) is 12.5. The number of amides is 3. The molecule has 0 bridgehead atoms. The summed E-state index contributed by atoms with van der Waals surface area (Å²) in [6.45, 7) is 3.93. The van der Waals surface area contributed by atoms with Gasteiger partial charge in [-0.3, -0.25) is 14.4 Å². The van der Waals surface area contributed by atoms with Crippen molar-refractivity contribution < 1.29 is 14.4 Å². The molecule has 0 atom stereocenters. The van der Waals surface area contributed by atoms with Crippen LogP contribution in [0.1, 0.15) is 27.0 Å². The lowest BCUT2D eigenvalue weighted by Crippen LogP contribution is -2.30. The van der Waals surface area contributed by atoms with Gasteiger partial charge >= 0.3 is 0 Å². The van der Waals surface area contributed by atoms with E-state index in [4.69, 9.17) is 11.6 Å². The number of halogens is 1. The molecule has 0 aliphatic heterocycles. The third kappa shape index (κ3) is 8.33. The van der Waals surface area contributed by atoms with Crippen LogP contribution in [0.5, 0.6) is 0 Å². The third-order valence-corrected chi connectivity index (χ3v) is 7.05. The van der Waals surface area contributed by atoms with Crippen LogP contribution in [0.2, 0.25) is 5.02 Å². The molecule has 4 rings (SSSR count). The summed E-state index contributed by atoms with van der Waals surface area (Å²) in [6, 6.07) is 28.7. The molecular weight excluding hydrogens is 542 g/mol. The van der Waals surface area contributed by atoms with E-state index in [0.29, 0.717) is 21.8 Å². The Labute approximate surface area is 242 Å². The summed E-state index contributed by atoms with van der Waals surface area (Å²) in [4.78, 5) is 39.5. The zero-order valence-electron chi connectivity index (χ0n) is 22.0. The molecule has 0 radical (unpaired) electrons. The van der Waals surface area contributed by atoms with Crippen molar-refractivity contribution in [3.63, 3.8) is 0 Å². The minimum absolute atomic E-state index is 0.0575. The van der Waals surface area contributed by atoms with E-state index >= 15 is 0 Å². The molecule has 0 saturated carbocycles. The van der Waals surface area contributed by atoms with Crippen molar-refractivity contribution in [3.05, 3.63) is 130 Å². The van der Waals surface area contributed by atoms with E-state index in [1.807, 2.05) is 44.2 Å². The Morgan fingerprint density at radius 1 is 0.825 bits per heavy atom. The molecule has 0 saturated heterocycles. The quantitative estimate of drug-likeness (QED) is 0.148. The Hall–Kier alpha value is -4.33. The highest BCUT2D eigenvalue weighted by Gasteiger charge is 2.16. The normalized spacial score (nSPS) is 11.0. The van der Waals surface area contributed by atoms with Gasteiger partial charge in [-0.1, -0.05) is 60.1 Å². The standard InChI is InChI=1S/C32H28ClN3O3S/c1-21-14-15-22(2)28(16-21)35-30(37)20-40-27-13-7-12-26(19-27)34-32(39)29(18-23-8-6-11-25(33)17-23)36-31(38)24-9-4-3-5-10-24/h3-19H,20H2,1-2H3,(H,34,39)(H,35,37)(H,36,38)/b29-18-. The van der Waals surface area contributed by atoms with Gasteiger partial charge in [0.05, 0.1) is 5.75 Å². The number of anilines is 2. The minimum atomic E-state index is -0.501. The molecule has 3 amide bonds. The van der Waals surface area contributed by atoms with Crippen LogP contribution in [0.25, 0.3) is 6.08 Å². The van der Waals surface area contributed by atoms with Crippen LogP contribution in [-0.4, -0.2) is 23.5 Å². The Morgan fingerprint density at radius 3 is 2.38 bits per heavy atom. The molecular formula is C32H28ClN3O3S. The summed E-state index contributed by atoms with van der Waals surface area (Å²) in [6.07, 6.45) is 1.57. The van der Waals surface area contributed by atoms with Gasteiger partial charge in [0.2, 0.25) is 5.91 Å². The van der Waals surface area contributed by atoms with Crippen molar-refractivity contribution in [3.8, 4) is 0 Å². The summed E-state index contributed by atoms with van der Waals surface area (Å²) >= 11 is 7.48. The largest absolute Gasteiger partial charge is 0.325 e. The molecule has 0 aliphatic carbocycles. The predicted molar refractivity (Wildman–Crippen MR) is 164 cm³/mol.